The second-order valence-electron chi connectivity index (χ2n) is 3.59. The number of oxime groups is 1. The van der Waals surface area contributed by atoms with Crippen LogP contribution < -0.4 is 5.43 Å². The van der Waals surface area contributed by atoms with E-state index in [1.54, 1.807) is 0 Å². The molecular formula is C10H10N2O4. The van der Waals surface area contributed by atoms with E-state index in [4.69, 9.17) is 10.3 Å². The van der Waals surface area contributed by atoms with Crippen molar-refractivity contribution in [3.8, 4) is 0 Å². The number of aromatic nitrogens is 1. The number of carboxylic acid groups (broad SMARTS) is 1. The molecule has 0 saturated carbocycles. The Morgan fingerprint density at radius 3 is 2.81 bits per heavy atom. The smallest absolute Gasteiger partial charge is 0.341 e. The van der Waals surface area contributed by atoms with Gasteiger partial charge in [-0.25, -0.2) is 4.79 Å². The van der Waals surface area contributed by atoms with E-state index in [1.165, 1.54) is 6.20 Å². The first-order chi connectivity index (χ1) is 7.65. The standard InChI is InChI=1S/C10H10N2O4/c13-9-5(10(14)15)4-11-6-2-1-3-7(12-16)8(6)9/h4,16H,1-3H2,(H,11,13)(H,14,15). The van der Waals surface area contributed by atoms with Gasteiger partial charge in [0, 0.05) is 11.9 Å². The van der Waals surface area contributed by atoms with Crippen LogP contribution in [0.1, 0.15) is 34.5 Å². The highest BCUT2D eigenvalue weighted by Gasteiger charge is 2.23. The summed E-state index contributed by atoms with van der Waals surface area (Å²) < 4.78 is 0. The number of carboxylic acids is 1. The van der Waals surface area contributed by atoms with Gasteiger partial charge in [0.25, 0.3) is 0 Å². The van der Waals surface area contributed by atoms with Crippen LogP contribution in [0.25, 0.3) is 0 Å². The Balaban J connectivity index is 2.72. The van der Waals surface area contributed by atoms with Gasteiger partial charge in [-0.3, -0.25) is 4.79 Å². The van der Waals surface area contributed by atoms with Gasteiger partial charge in [-0.1, -0.05) is 5.16 Å². The van der Waals surface area contributed by atoms with E-state index in [9.17, 15) is 9.59 Å². The molecule has 0 unspecified atom stereocenters. The van der Waals surface area contributed by atoms with Gasteiger partial charge in [-0.2, -0.15) is 0 Å². The first-order valence-corrected chi connectivity index (χ1v) is 4.84. The lowest BCUT2D eigenvalue weighted by Gasteiger charge is -2.15. The number of H-pyrrole nitrogens is 1. The van der Waals surface area contributed by atoms with Crippen molar-refractivity contribution < 1.29 is 15.1 Å². The van der Waals surface area contributed by atoms with Crippen molar-refractivity contribution in [2.75, 3.05) is 0 Å². The maximum absolute atomic E-state index is 11.8. The van der Waals surface area contributed by atoms with Gasteiger partial charge in [-0.15, -0.1) is 0 Å². The molecule has 0 spiro atoms. The number of aromatic amines is 1. The summed E-state index contributed by atoms with van der Waals surface area (Å²) in [6, 6.07) is 0. The summed E-state index contributed by atoms with van der Waals surface area (Å²) in [5, 5.41) is 20.6. The van der Waals surface area contributed by atoms with E-state index in [1.807, 2.05) is 0 Å². The normalized spacial score (nSPS) is 17.1. The lowest BCUT2D eigenvalue weighted by atomic mass is 9.92. The Labute approximate surface area is 90.2 Å². The molecule has 0 atom stereocenters. The highest BCUT2D eigenvalue weighted by atomic mass is 16.4. The minimum Gasteiger partial charge on any atom is -0.477 e. The van der Waals surface area contributed by atoms with Crippen molar-refractivity contribution in [3.63, 3.8) is 0 Å². The van der Waals surface area contributed by atoms with Crippen molar-refractivity contribution in [2.24, 2.45) is 5.16 Å². The molecule has 0 fully saturated rings. The van der Waals surface area contributed by atoms with Crippen molar-refractivity contribution in [3.05, 3.63) is 33.2 Å². The SMILES string of the molecule is O=C(O)c1c[nH]c2c(c1=O)C(=NO)CCC2. The molecule has 0 aliphatic heterocycles. The van der Waals surface area contributed by atoms with Crippen molar-refractivity contribution >= 4 is 11.7 Å². The van der Waals surface area contributed by atoms with Gasteiger partial charge in [0.05, 0.1) is 11.3 Å². The lowest BCUT2D eigenvalue weighted by Crippen LogP contribution is -2.28. The topological polar surface area (TPSA) is 103 Å². The molecule has 0 bridgehead atoms. The highest BCUT2D eigenvalue weighted by Crippen LogP contribution is 2.17. The van der Waals surface area contributed by atoms with E-state index in [-0.39, 0.29) is 16.8 Å². The second-order valence-corrected chi connectivity index (χ2v) is 3.59. The van der Waals surface area contributed by atoms with Crippen LogP contribution in [0.3, 0.4) is 0 Å². The summed E-state index contributed by atoms with van der Waals surface area (Å²) in [4.78, 5) is 25.4. The number of fused-ring (bicyclic) bond motifs is 1. The summed E-state index contributed by atoms with van der Waals surface area (Å²) in [6.07, 6.45) is 3.09. The first kappa shape index (κ1) is 10.4. The number of nitrogens with one attached hydrogen (secondary N) is 1. The fourth-order valence-electron chi connectivity index (χ4n) is 1.89. The lowest BCUT2D eigenvalue weighted by molar-refractivity contribution is 0.0695. The molecule has 1 aliphatic rings. The van der Waals surface area contributed by atoms with Gasteiger partial charge < -0.3 is 15.3 Å². The average molecular weight is 222 g/mol. The minimum atomic E-state index is -1.29. The molecule has 0 aromatic carbocycles. The maximum atomic E-state index is 11.8. The number of hydrogen-bond acceptors (Lipinski definition) is 4. The van der Waals surface area contributed by atoms with E-state index in [2.05, 4.69) is 10.1 Å². The van der Waals surface area contributed by atoms with Crippen LogP contribution >= 0.6 is 0 Å². The van der Waals surface area contributed by atoms with Crippen LogP contribution in [0, 0.1) is 0 Å². The quantitative estimate of drug-likeness (QED) is 0.477. The molecule has 84 valence electrons. The molecule has 0 saturated heterocycles. The van der Waals surface area contributed by atoms with Gasteiger partial charge in [0.2, 0.25) is 5.43 Å². The van der Waals surface area contributed by atoms with Crippen molar-refractivity contribution in [1.29, 1.82) is 0 Å². The predicted octanol–water partition coefficient (Wildman–Crippen LogP) is 0.588. The van der Waals surface area contributed by atoms with Gasteiger partial charge >= 0.3 is 5.97 Å². The minimum absolute atomic E-state index is 0.202. The molecule has 2 rings (SSSR count). The highest BCUT2D eigenvalue weighted by molar-refractivity contribution is 6.03. The van der Waals surface area contributed by atoms with E-state index < -0.39 is 11.4 Å². The zero-order valence-corrected chi connectivity index (χ0v) is 8.36. The van der Waals surface area contributed by atoms with Crippen LogP contribution in [-0.4, -0.2) is 27.0 Å². The van der Waals surface area contributed by atoms with E-state index >= 15 is 0 Å². The molecule has 1 aromatic heterocycles. The number of carbonyl (C=O) groups is 1. The fourth-order valence-corrected chi connectivity index (χ4v) is 1.89. The van der Waals surface area contributed by atoms with E-state index in [0.717, 1.165) is 6.42 Å². The maximum Gasteiger partial charge on any atom is 0.341 e. The van der Waals surface area contributed by atoms with Crippen molar-refractivity contribution in [2.45, 2.75) is 19.3 Å². The molecule has 1 heterocycles. The summed E-state index contributed by atoms with van der Waals surface area (Å²) in [6.45, 7) is 0. The Morgan fingerprint density at radius 2 is 2.19 bits per heavy atom. The van der Waals surface area contributed by atoms with Gasteiger partial charge in [-0.05, 0) is 19.3 Å². The zero-order chi connectivity index (χ0) is 11.7. The molecule has 3 N–H and O–H groups in total. The summed E-state index contributed by atoms with van der Waals surface area (Å²) in [5.41, 5.74) is 0.170. The molecule has 0 radical (unpaired) electrons. The van der Waals surface area contributed by atoms with Crippen molar-refractivity contribution in [1.82, 2.24) is 4.98 Å². The Morgan fingerprint density at radius 1 is 1.44 bits per heavy atom. The largest absolute Gasteiger partial charge is 0.477 e. The average Bonchev–Trinajstić information content (AvgIpc) is 2.28. The third kappa shape index (κ3) is 1.48. The third-order valence-corrected chi connectivity index (χ3v) is 2.64. The third-order valence-electron chi connectivity index (χ3n) is 2.64. The van der Waals surface area contributed by atoms with Gasteiger partial charge in [0.15, 0.2) is 0 Å². The van der Waals surface area contributed by atoms with Gasteiger partial charge in [0.1, 0.15) is 5.56 Å². The first-order valence-electron chi connectivity index (χ1n) is 4.84. The molecular weight excluding hydrogens is 212 g/mol. The fraction of sp³-hybridized carbons (Fsp3) is 0.300. The number of aryl methyl sites for hydroxylation is 1. The monoisotopic (exact) mass is 222 g/mol. The number of nitrogens with zero attached hydrogens (tertiary/aromatic N) is 1. The van der Waals surface area contributed by atoms with Crippen LogP contribution in [0.2, 0.25) is 0 Å². The molecule has 0 amide bonds. The Hall–Kier alpha value is -2.11. The Kier molecular flexibility index (Phi) is 2.47. The zero-order valence-electron chi connectivity index (χ0n) is 8.36. The van der Waals surface area contributed by atoms with Crippen LogP contribution in [0.15, 0.2) is 16.1 Å². The molecule has 1 aromatic rings. The summed E-state index contributed by atoms with van der Waals surface area (Å²) in [7, 11) is 0. The second kappa shape index (κ2) is 3.80. The Bertz CT molecular complexity index is 530. The number of rotatable bonds is 1. The number of aromatic carboxylic acids is 1. The number of hydrogen-bond donors (Lipinski definition) is 3. The molecule has 6 heteroatoms. The van der Waals surface area contributed by atoms with E-state index in [0.29, 0.717) is 18.5 Å². The number of pyridine rings is 1. The molecule has 16 heavy (non-hydrogen) atoms. The summed E-state index contributed by atoms with van der Waals surface area (Å²) in [5.74, 6) is -1.29. The van der Waals surface area contributed by atoms with Crippen LogP contribution in [0.4, 0.5) is 0 Å². The predicted molar refractivity (Wildman–Crippen MR) is 55.3 cm³/mol. The van der Waals surface area contributed by atoms with Crippen LogP contribution in [0.5, 0.6) is 0 Å². The summed E-state index contributed by atoms with van der Waals surface area (Å²) >= 11 is 0. The molecule has 6 nitrogen and oxygen atoms in total. The van der Waals surface area contributed by atoms with Crippen LogP contribution in [-0.2, 0) is 6.42 Å². The molecule has 1 aliphatic carbocycles.